The Morgan fingerprint density at radius 3 is 2.24 bits per heavy atom. The molecule has 0 aliphatic heterocycles. The molecule has 0 atom stereocenters. The first-order chi connectivity index (χ1) is 13.3. The van der Waals surface area contributed by atoms with E-state index < -0.39 is 57.0 Å². The van der Waals surface area contributed by atoms with Crippen LogP contribution < -0.4 is 10.0 Å². The molecular formula is C18H15F5N2O3S. The third kappa shape index (κ3) is 4.25. The van der Waals surface area contributed by atoms with Crippen molar-refractivity contribution >= 4 is 21.6 Å². The van der Waals surface area contributed by atoms with Gasteiger partial charge in [-0.1, -0.05) is 6.07 Å². The second kappa shape index (κ2) is 7.06. The third-order valence-electron chi connectivity index (χ3n) is 4.53. The van der Waals surface area contributed by atoms with E-state index in [4.69, 9.17) is 0 Å². The van der Waals surface area contributed by atoms with Crippen molar-refractivity contribution in [1.29, 1.82) is 0 Å². The Morgan fingerprint density at radius 2 is 1.69 bits per heavy atom. The molecule has 1 aliphatic carbocycles. The lowest BCUT2D eigenvalue weighted by molar-refractivity contribution is -0.160. The molecule has 0 radical (unpaired) electrons. The number of halogens is 5. The van der Waals surface area contributed by atoms with Crippen LogP contribution in [0.15, 0.2) is 41.3 Å². The van der Waals surface area contributed by atoms with Gasteiger partial charge in [0.25, 0.3) is 5.91 Å². The quantitative estimate of drug-likeness (QED) is 0.701. The van der Waals surface area contributed by atoms with Crippen molar-refractivity contribution in [2.45, 2.75) is 36.4 Å². The number of benzene rings is 2. The standard InChI is InChI=1S/C18H15F5N2O3S/c1-10-2-4-12(9-14(10)20)24-16(26)11-3-5-13(19)15(8-11)29(27,28)25-17(6-7-17)18(21,22)23/h2-5,8-9,25H,6-7H2,1H3,(H,24,26). The second-order valence-corrected chi connectivity index (χ2v) is 8.40. The van der Waals surface area contributed by atoms with Crippen LogP contribution in [0.5, 0.6) is 0 Å². The van der Waals surface area contributed by atoms with E-state index in [2.05, 4.69) is 5.32 Å². The van der Waals surface area contributed by atoms with E-state index in [1.165, 1.54) is 23.8 Å². The van der Waals surface area contributed by atoms with E-state index in [9.17, 15) is 35.2 Å². The van der Waals surface area contributed by atoms with Crippen LogP contribution in [0.25, 0.3) is 0 Å². The molecule has 3 rings (SSSR count). The average Bonchev–Trinajstić information content (AvgIpc) is 3.38. The maximum atomic E-state index is 14.1. The van der Waals surface area contributed by atoms with Crippen LogP contribution in [0.4, 0.5) is 27.6 Å². The number of anilines is 1. The Morgan fingerprint density at radius 1 is 1.03 bits per heavy atom. The number of hydrogen-bond acceptors (Lipinski definition) is 3. The van der Waals surface area contributed by atoms with Gasteiger partial charge in [-0.2, -0.15) is 17.9 Å². The minimum absolute atomic E-state index is 0.0685. The number of hydrogen-bond donors (Lipinski definition) is 2. The van der Waals surface area contributed by atoms with Gasteiger partial charge in [0.1, 0.15) is 22.1 Å². The maximum Gasteiger partial charge on any atom is 0.407 e. The van der Waals surface area contributed by atoms with E-state index in [1.54, 1.807) is 0 Å². The lowest BCUT2D eigenvalue weighted by atomic mass is 10.2. The Hall–Kier alpha value is -2.53. The monoisotopic (exact) mass is 434 g/mol. The summed E-state index contributed by atoms with van der Waals surface area (Å²) >= 11 is 0. The van der Waals surface area contributed by atoms with E-state index in [0.717, 1.165) is 12.1 Å². The number of sulfonamides is 1. The first kappa shape index (κ1) is 21.2. The third-order valence-corrected chi connectivity index (χ3v) is 6.09. The van der Waals surface area contributed by atoms with Crippen LogP contribution >= 0.6 is 0 Å². The van der Waals surface area contributed by atoms with Gasteiger partial charge in [-0.15, -0.1) is 0 Å². The molecule has 156 valence electrons. The Kier molecular flexibility index (Phi) is 5.16. The van der Waals surface area contributed by atoms with Crippen molar-refractivity contribution in [3.8, 4) is 0 Å². The molecule has 2 aromatic carbocycles. The van der Waals surface area contributed by atoms with Crippen molar-refractivity contribution in [3.05, 3.63) is 59.2 Å². The van der Waals surface area contributed by atoms with E-state index >= 15 is 0 Å². The Bertz CT molecular complexity index is 1080. The average molecular weight is 434 g/mol. The highest BCUT2D eigenvalue weighted by Crippen LogP contribution is 2.49. The SMILES string of the molecule is Cc1ccc(NC(=O)c2ccc(F)c(S(=O)(=O)NC3(C(F)(F)F)CC3)c2)cc1F. The largest absolute Gasteiger partial charge is 0.407 e. The maximum absolute atomic E-state index is 14.1. The highest BCUT2D eigenvalue weighted by molar-refractivity contribution is 7.89. The van der Waals surface area contributed by atoms with Crippen molar-refractivity contribution in [1.82, 2.24) is 4.72 Å². The Labute approximate surface area is 163 Å². The zero-order valence-corrected chi connectivity index (χ0v) is 15.7. The van der Waals surface area contributed by atoms with Gasteiger partial charge in [-0.25, -0.2) is 17.2 Å². The highest BCUT2D eigenvalue weighted by atomic mass is 32.2. The molecule has 1 saturated carbocycles. The molecule has 29 heavy (non-hydrogen) atoms. The highest BCUT2D eigenvalue weighted by Gasteiger charge is 2.65. The molecule has 0 spiro atoms. The second-order valence-electron chi connectivity index (χ2n) is 6.75. The first-order valence-electron chi connectivity index (χ1n) is 8.32. The normalized spacial score (nSPS) is 15.8. The van der Waals surface area contributed by atoms with Gasteiger partial charge in [0.15, 0.2) is 0 Å². The molecule has 0 heterocycles. The topological polar surface area (TPSA) is 75.3 Å². The summed E-state index contributed by atoms with van der Waals surface area (Å²) in [6.07, 6.45) is -5.76. The summed E-state index contributed by atoms with van der Waals surface area (Å²) in [5.41, 5.74) is -2.55. The van der Waals surface area contributed by atoms with Crippen molar-refractivity contribution in [3.63, 3.8) is 0 Å². The van der Waals surface area contributed by atoms with Crippen molar-refractivity contribution in [2.24, 2.45) is 0 Å². The first-order valence-corrected chi connectivity index (χ1v) is 9.81. The number of aryl methyl sites for hydroxylation is 1. The molecule has 1 aliphatic rings. The molecule has 0 bridgehead atoms. The molecule has 0 saturated heterocycles. The number of amides is 1. The van der Waals surface area contributed by atoms with Gasteiger partial charge in [-0.3, -0.25) is 4.79 Å². The lowest BCUT2D eigenvalue weighted by Gasteiger charge is -2.21. The smallest absolute Gasteiger partial charge is 0.322 e. The number of rotatable bonds is 5. The summed E-state index contributed by atoms with van der Waals surface area (Å²) in [6.45, 7) is 1.51. The molecule has 1 fully saturated rings. The lowest BCUT2D eigenvalue weighted by Crippen LogP contribution is -2.47. The van der Waals surface area contributed by atoms with Crippen molar-refractivity contribution in [2.75, 3.05) is 5.32 Å². The van der Waals surface area contributed by atoms with Crippen LogP contribution in [-0.4, -0.2) is 26.0 Å². The van der Waals surface area contributed by atoms with Gasteiger partial charge < -0.3 is 5.32 Å². The van der Waals surface area contributed by atoms with Gasteiger partial charge >= 0.3 is 6.18 Å². The van der Waals surface area contributed by atoms with Crippen LogP contribution in [0.1, 0.15) is 28.8 Å². The summed E-state index contributed by atoms with van der Waals surface area (Å²) in [5.74, 6) is -2.79. The fraction of sp³-hybridized carbons (Fsp3) is 0.278. The molecule has 2 aromatic rings. The Balaban J connectivity index is 1.87. The van der Waals surface area contributed by atoms with Gasteiger partial charge in [0.2, 0.25) is 10.0 Å². The van der Waals surface area contributed by atoms with Gasteiger partial charge in [0.05, 0.1) is 0 Å². The summed E-state index contributed by atoms with van der Waals surface area (Å²) in [7, 11) is -4.90. The van der Waals surface area contributed by atoms with Crippen LogP contribution in [-0.2, 0) is 10.0 Å². The summed E-state index contributed by atoms with van der Waals surface area (Å²) in [5, 5.41) is 2.31. The van der Waals surface area contributed by atoms with Crippen LogP contribution in [0, 0.1) is 18.6 Å². The fourth-order valence-electron chi connectivity index (χ4n) is 2.60. The molecular weight excluding hydrogens is 419 g/mol. The summed E-state index contributed by atoms with van der Waals surface area (Å²) in [4.78, 5) is 11.2. The predicted octanol–water partition coefficient (Wildman–Crippen LogP) is 3.90. The van der Waals surface area contributed by atoms with E-state index in [0.29, 0.717) is 17.7 Å². The van der Waals surface area contributed by atoms with Crippen LogP contribution in [0.2, 0.25) is 0 Å². The molecule has 2 N–H and O–H groups in total. The molecule has 0 aromatic heterocycles. The fourth-order valence-corrected chi connectivity index (χ4v) is 4.16. The van der Waals surface area contributed by atoms with E-state index in [-0.39, 0.29) is 11.3 Å². The molecule has 0 unspecified atom stereocenters. The molecule has 1 amide bonds. The zero-order chi connectivity index (χ0) is 21.6. The minimum Gasteiger partial charge on any atom is -0.322 e. The van der Waals surface area contributed by atoms with Crippen LogP contribution in [0.3, 0.4) is 0 Å². The number of carbonyl (C=O) groups excluding carboxylic acids is 1. The summed E-state index contributed by atoms with van der Waals surface area (Å²) in [6, 6.07) is 6.10. The minimum atomic E-state index is -4.90. The van der Waals surface area contributed by atoms with Crippen molar-refractivity contribution < 1.29 is 35.2 Å². The number of alkyl halides is 3. The molecule has 5 nitrogen and oxygen atoms in total. The summed E-state index contributed by atoms with van der Waals surface area (Å²) < 4.78 is 92.9. The zero-order valence-electron chi connectivity index (χ0n) is 14.9. The molecule has 11 heteroatoms. The van der Waals surface area contributed by atoms with Gasteiger partial charge in [0, 0.05) is 11.3 Å². The predicted molar refractivity (Wildman–Crippen MR) is 93.8 cm³/mol. The van der Waals surface area contributed by atoms with Gasteiger partial charge in [-0.05, 0) is 55.7 Å². The number of nitrogens with one attached hydrogen (secondary N) is 2. The number of carbonyl (C=O) groups is 1. The van der Waals surface area contributed by atoms with E-state index in [1.807, 2.05) is 0 Å².